The summed E-state index contributed by atoms with van der Waals surface area (Å²) >= 11 is 1.63. The summed E-state index contributed by atoms with van der Waals surface area (Å²) in [4.78, 5) is 42.7. The number of nitrogens with zero attached hydrogens (tertiary/aromatic N) is 1. The van der Waals surface area contributed by atoms with E-state index >= 15 is 0 Å². The Labute approximate surface area is 209 Å². The van der Waals surface area contributed by atoms with Crippen molar-refractivity contribution in [1.82, 2.24) is 10.2 Å². The van der Waals surface area contributed by atoms with Gasteiger partial charge in [-0.25, -0.2) is 0 Å². The Morgan fingerprint density at radius 2 is 1.77 bits per heavy atom. The molecule has 3 N–H and O–H groups in total. The molecule has 0 aromatic heterocycles. The summed E-state index contributed by atoms with van der Waals surface area (Å²) in [7, 11) is 0. The van der Waals surface area contributed by atoms with Crippen LogP contribution in [0.2, 0.25) is 0 Å². The molecule has 1 spiro atoms. The first kappa shape index (κ1) is 23.9. The second-order valence-corrected chi connectivity index (χ2v) is 11.4. The van der Waals surface area contributed by atoms with Crippen LogP contribution in [0.15, 0.2) is 60.7 Å². The largest absolute Gasteiger partial charge is 0.394 e. The molecule has 35 heavy (non-hydrogen) atoms. The van der Waals surface area contributed by atoms with Crippen LogP contribution in [0, 0.1) is 17.8 Å². The monoisotopic (exact) mass is 493 g/mol. The Hall–Kier alpha value is -2.84. The average Bonchev–Trinajstić information content (AvgIpc) is 3.47. The Bertz CT molecular complexity index is 1110. The molecule has 2 bridgehead atoms. The van der Waals surface area contributed by atoms with Crippen LogP contribution in [-0.4, -0.2) is 56.4 Å². The molecule has 2 aromatic rings. The van der Waals surface area contributed by atoms with Gasteiger partial charge in [-0.1, -0.05) is 55.5 Å². The minimum absolute atomic E-state index is 0.0290. The molecule has 3 aliphatic heterocycles. The van der Waals surface area contributed by atoms with Crippen LogP contribution in [0.4, 0.5) is 5.69 Å². The van der Waals surface area contributed by atoms with E-state index in [4.69, 9.17) is 0 Å². The van der Waals surface area contributed by atoms with E-state index in [9.17, 15) is 19.5 Å². The number of likely N-dealkylation sites (tertiary alicyclic amines) is 1. The van der Waals surface area contributed by atoms with Gasteiger partial charge >= 0.3 is 0 Å². The molecular weight excluding hydrogens is 462 g/mol. The molecule has 0 aliphatic carbocycles. The van der Waals surface area contributed by atoms with Gasteiger partial charge in [0.15, 0.2) is 0 Å². The molecule has 0 radical (unpaired) electrons. The van der Waals surface area contributed by atoms with Gasteiger partial charge in [0.05, 0.1) is 29.2 Å². The molecule has 3 heterocycles. The number of carbonyl (C=O) groups excluding carboxylic acids is 3. The number of benzene rings is 2. The van der Waals surface area contributed by atoms with E-state index in [0.717, 1.165) is 12.0 Å². The molecule has 5 rings (SSSR count). The number of nitrogens with one attached hydrogen (secondary N) is 2. The van der Waals surface area contributed by atoms with Crippen LogP contribution in [0.5, 0.6) is 0 Å². The summed E-state index contributed by atoms with van der Waals surface area (Å²) in [6, 6.07) is 17.6. The first-order valence-electron chi connectivity index (χ1n) is 12.2. The van der Waals surface area contributed by atoms with Crippen LogP contribution in [0.1, 0.15) is 25.8 Å². The first-order chi connectivity index (χ1) is 16.9. The van der Waals surface area contributed by atoms with E-state index in [1.165, 1.54) is 0 Å². The third kappa shape index (κ3) is 3.83. The second kappa shape index (κ2) is 9.32. The third-order valence-corrected chi connectivity index (χ3v) is 9.90. The van der Waals surface area contributed by atoms with Crippen LogP contribution < -0.4 is 10.6 Å². The van der Waals surface area contributed by atoms with Crippen molar-refractivity contribution in [3.8, 4) is 0 Å². The molecule has 3 aliphatic rings. The van der Waals surface area contributed by atoms with E-state index in [-0.39, 0.29) is 35.5 Å². The summed E-state index contributed by atoms with van der Waals surface area (Å²) in [5, 5.41) is 16.0. The number of aliphatic hydroxyl groups excluding tert-OH is 1. The van der Waals surface area contributed by atoms with Crippen molar-refractivity contribution in [2.45, 2.75) is 48.9 Å². The van der Waals surface area contributed by atoms with Gasteiger partial charge in [0.1, 0.15) is 6.04 Å². The highest BCUT2D eigenvalue weighted by molar-refractivity contribution is 8.02. The van der Waals surface area contributed by atoms with Gasteiger partial charge in [-0.05, 0) is 37.0 Å². The van der Waals surface area contributed by atoms with Crippen LogP contribution >= 0.6 is 11.8 Å². The average molecular weight is 494 g/mol. The van der Waals surface area contributed by atoms with E-state index in [2.05, 4.69) is 17.6 Å². The Kier molecular flexibility index (Phi) is 6.36. The SMILES string of the molecule is CC1C[C@@H]2SC13C(C(=O)NCc1ccccc1)N([C@H](C)CO)C(=O)[C@@H]3[C@@H]2C(=O)Nc1ccccc1. The van der Waals surface area contributed by atoms with E-state index in [1.54, 1.807) is 23.6 Å². The van der Waals surface area contributed by atoms with Crippen molar-refractivity contribution in [2.75, 3.05) is 11.9 Å². The lowest BCUT2D eigenvalue weighted by atomic mass is 9.66. The highest BCUT2D eigenvalue weighted by Crippen LogP contribution is 2.68. The normalized spacial score (nSPS) is 31.8. The lowest BCUT2D eigenvalue weighted by Gasteiger charge is -2.39. The Morgan fingerprint density at radius 3 is 2.43 bits per heavy atom. The fraction of sp³-hybridized carbons (Fsp3) is 0.444. The molecule has 0 saturated carbocycles. The summed E-state index contributed by atoms with van der Waals surface area (Å²) in [5.41, 5.74) is 1.66. The van der Waals surface area contributed by atoms with Crippen molar-refractivity contribution < 1.29 is 19.5 Å². The Morgan fingerprint density at radius 1 is 1.11 bits per heavy atom. The lowest BCUT2D eigenvalue weighted by Crippen LogP contribution is -2.58. The van der Waals surface area contributed by atoms with E-state index in [1.807, 2.05) is 60.7 Å². The number of rotatable bonds is 7. The summed E-state index contributed by atoms with van der Waals surface area (Å²) in [6.45, 7) is 3.95. The van der Waals surface area contributed by atoms with E-state index < -0.39 is 28.7 Å². The van der Waals surface area contributed by atoms with Crippen LogP contribution in [0.25, 0.3) is 0 Å². The molecule has 3 amide bonds. The Balaban J connectivity index is 1.47. The number of fused-ring (bicyclic) bond motifs is 1. The van der Waals surface area contributed by atoms with Crippen LogP contribution in [0.3, 0.4) is 0 Å². The number of para-hydroxylation sites is 1. The first-order valence-corrected chi connectivity index (χ1v) is 13.0. The van der Waals surface area contributed by atoms with Crippen molar-refractivity contribution in [3.05, 3.63) is 66.2 Å². The molecule has 3 saturated heterocycles. The minimum atomic E-state index is -0.745. The van der Waals surface area contributed by atoms with Gasteiger partial charge in [0, 0.05) is 17.5 Å². The predicted molar refractivity (Wildman–Crippen MR) is 135 cm³/mol. The highest BCUT2D eigenvalue weighted by Gasteiger charge is 2.76. The highest BCUT2D eigenvalue weighted by atomic mass is 32.2. The van der Waals surface area contributed by atoms with Gasteiger partial charge in [-0.3, -0.25) is 14.4 Å². The maximum absolute atomic E-state index is 13.9. The fourth-order valence-electron chi connectivity index (χ4n) is 6.25. The second-order valence-electron chi connectivity index (χ2n) is 9.89. The van der Waals surface area contributed by atoms with Crippen molar-refractivity contribution in [2.24, 2.45) is 17.8 Å². The molecule has 8 heteroatoms. The zero-order valence-corrected chi connectivity index (χ0v) is 20.7. The molecule has 3 fully saturated rings. The molecule has 3 unspecified atom stereocenters. The van der Waals surface area contributed by atoms with Crippen molar-refractivity contribution in [3.63, 3.8) is 0 Å². The topological polar surface area (TPSA) is 98.7 Å². The zero-order valence-electron chi connectivity index (χ0n) is 19.9. The van der Waals surface area contributed by atoms with Crippen LogP contribution in [-0.2, 0) is 20.9 Å². The minimum Gasteiger partial charge on any atom is -0.394 e. The zero-order chi connectivity index (χ0) is 24.7. The number of carbonyl (C=O) groups is 3. The summed E-state index contributed by atoms with van der Waals surface area (Å²) < 4.78 is -0.704. The number of anilines is 1. The van der Waals surface area contributed by atoms with Gasteiger partial charge < -0.3 is 20.6 Å². The van der Waals surface area contributed by atoms with E-state index in [0.29, 0.717) is 12.2 Å². The number of hydrogen-bond acceptors (Lipinski definition) is 5. The molecular formula is C27H31N3O4S. The smallest absolute Gasteiger partial charge is 0.244 e. The maximum Gasteiger partial charge on any atom is 0.244 e. The fourth-order valence-corrected chi connectivity index (χ4v) is 8.66. The lowest BCUT2D eigenvalue weighted by molar-refractivity contribution is -0.141. The van der Waals surface area contributed by atoms with Gasteiger partial charge in [-0.15, -0.1) is 11.8 Å². The summed E-state index contributed by atoms with van der Waals surface area (Å²) in [6.07, 6.45) is 0.769. The standard InChI is InChI=1S/C27H31N3O4S/c1-16-13-20-21(24(32)29-19-11-7-4-8-12-19)22-26(34)30(17(2)15-31)23(27(16,22)35-20)25(33)28-14-18-9-5-3-6-10-18/h3-12,16-17,20-23,31H,13-15H2,1-2H3,(H,28,33)(H,29,32)/t16?,17-,20+,21-,22+,23?,27?/m1/s1. The van der Waals surface area contributed by atoms with Gasteiger partial charge in [0.25, 0.3) is 0 Å². The number of aliphatic hydroxyl groups is 1. The molecule has 7 atom stereocenters. The van der Waals surface area contributed by atoms with Crippen molar-refractivity contribution >= 4 is 35.2 Å². The summed E-state index contributed by atoms with van der Waals surface area (Å²) in [5.74, 6) is -1.66. The van der Waals surface area contributed by atoms with Crippen molar-refractivity contribution in [1.29, 1.82) is 0 Å². The molecule has 184 valence electrons. The number of thioether (sulfide) groups is 1. The molecule has 7 nitrogen and oxygen atoms in total. The quantitative estimate of drug-likeness (QED) is 0.551. The third-order valence-electron chi connectivity index (χ3n) is 7.82. The van der Waals surface area contributed by atoms with Gasteiger partial charge in [0.2, 0.25) is 17.7 Å². The predicted octanol–water partition coefficient (Wildman–Crippen LogP) is 2.66. The van der Waals surface area contributed by atoms with Gasteiger partial charge in [-0.2, -0.15) is 0 Å². The molecule has 2 aromatic carbocycles. The number of hydrogen-bond donors (Lipinski definition) is 3. The maximum atomic E-state index is 13.9. The number of amides is 3.